The monoisotopic (exact) mass is 278 g/mol. The van der Waals surface area contributed by atoms with Gasteiger partial charge in [-0.05, 0) is 45.4 Å². The van der Waals surface area contributed by atoms with Gasteiger partial charge in [0.15, 0.2) is 0 Å². The van der Waals surface area contributed by atoms with Crippen molar-refractivity contribution >= 4 is 9.84 Å². The lowest BCUT2D eigenvalue weighted by molar-refractivity contribution is 0.279. The van der Waals surface area contributed by atoms with Crippen molar-refractivity contribution in [3.8, 4) is 0 Å². The Morgan fingerprint density at radius 1 is 1.11 bits per heavy atom. The second kappa shape index (κ2) is 9.75. The molecule has 18 heavy (non-hydrogen) atoms. The van der Waals surface area contributed by atoms with E-state index in [-0.39, 0.29) is 5.75 Å². The predicted molar refractivity (Wildman–Crippen MR) is 78.8 cm³/mol. The van der Waals surface area contributed by atoms with E-state index in [0.29, 0.717) is 6.04 Å². The van der Waals surface area contributed by atoms with Crippen LogP contribution in [0.4, 0.5) is 0 Å². The largest absolute Gasteiger partial charge is 0.314 e. The third kappa shape index (κ3) is 9.85. The minimum Gasteiger partial charge on any atom is -0.314 e. The smallest absolute Gasteiger partial charge is 0.147 e. The van der Waals surface area contributed by atoms with Gasteiger partial charge in [-0.3, -0.25) is 0 Å². The van der Waals surface area contributed by atoms with Crippen LogP contribution in [0, 0.1) is 0 Å². The van der Waals surface area contributed by atoms with Crippen LogP contribution in [-0.4, -0.2) is 57.5 Å². The van der Waals surface area contributed by atoms with Gasteiger partial charge in [-0.25, -0.2) is 8.42 Å². The molecule has 0 saturated carbocycles. The molecule has 4 nitrogen and oxygen atoms in total. The van der Waals surface area contributed by atoms with E-state index in [9.17, 15) is 8.42 Å². The maximum atomic E-state index is 11.2. The van der Waals surface area contributed by atoms with Crippen molar-refractivity contribution in [1.29, 1.82) is 0 Å². The molecule has 0 aromatic carbocycles. The highest BCUT2D eigenvalue weighted by Crippen LogP contribution is 2.03. The van der Waals surface area contributed by atoms with Gasteiger partial charge in [0.2, 0.25) is 0 Å². The molecular weight excluding hydrogens is 248 g/mol. The first-order chi connectivity index (χ1) is 8.42. The minimum absolute atomic E-state index is 0.284. The van der Waals surface area contributed by atoms with Crippen LogP contribution in [0.5, 0.6) is 0 Å². The Kier molecular flexibility index (Phi) is 9.68. The molecule has 0 aromatic heterocycles. The Hall–Kier alpha value is -0.130. The molecule has 0 aliphatic heterocycles. The van der Waals surface area contributed by atoms with E-state index in [1.807, 2.05) is 0 Å². The molecule has 0 rings (SSSR count). The van der Waals surface area contributed by atoms with E-state index in [0.717, 1.165) is 45.4 Å². The van der Waals surface area contributed by atoms with Crippen molar-refractivity contribution in [2.45, 2.75) is 46.1 Å². The van der Waals surface area contributed by atoms with Crippen LogP contribution in [0.1, 0.15) is 40.0 Å². The highest BCUT2D eigenvalue weighted by Gasteiger charge is 2.12. The first-order valence-corrected chi connectivity index (χ1v) is 9.12. The third-order valence-corrected chi connectivity index (χ3v) is 4.19. The Labute approximate surface area is 113 Å². The predicted octanol–water partition coefficient (Wildman–Crippen LogP) is 1.52. The zero-order valence-electron chi connectivity index (χ0n) is 12.4. The van der Waals surface area contributed by atoms with Crippen molar-refractivity contribution in [1.82, 2.24) is 10.2 Å². The standard InChI is InChI=1S/C13H30N2O2S/c1-5-10-14-13(9-12-18(4,16)17)8-11-15(6-2)7-3/h13-14H,5-12H2,1-4H3. The van der Waals surface area contributed by atoms with Gasteiger partial charge < -0.3 is 10.2 Å². The molecule has 1 unspecified atom stereocenters. The molecule has 0 heterocycles. The Balaban J connectivity index is 4.13. The number of hydrogen-bond donors (Lipinski definition) is 1. The quantitative estimate of drug-likeness (QED) is 0.622. The summed E-state index contributed by atoms with van der Waals surface area (Å²) in [7, 11) is -2.85. The molecule has 0 amide bonds. The second-order valence-electron chi connectivity index (χ2n) is 4.89. The molecule has 110 valence electrons. The molecule has 5 heteroatoms. The number of sulfone groups is 1. The normalized spacial score (nSPS) is 14.1. The number of hydrogen-bond acceptors (Lipinski definition) is 4. The summed E-state index contributed by atoms with van der Waals surface area (Å²) in [5, 5.41) is 3.45. The van der Waals surface area contributed by atoms with Crippen LogP contribution >= 0.6 is 0 Å². The first kappa shape index (κ1) is 17.9. The van der Waals surface area contributed by atoms with Gasteiger partial charge in [0.05, 0.1) is 5.75 Å². The molecule has 0 saturated heterocycles. The maximum absolute atomic E-state index is 11.2. The Morgan fingerprint density at radius 3 is 2.17 bits per heavy atom. The molecule has 0 spiro atoms. The van der Waals surface area contributed by atoms with Gasteiger partial charge in [-0.15, -0.1) is 0 Å². The van der Waals surface area contributed by atoms with Crippen LogP contribution in [0.25, 0.3) is 0 Å². The number of nitrogens with one attached hydrogen (secondary N) is 1. The van der Waals surface area contributed by atoms with Gasteiger partial charge in [0, 0.05) is 12.3 Å². The zero-order valence-corrected chi connectivity index (χ0v) is 13.2. The van der Waals surface area contributed by atoms with Gasteiger partial charge in [0.1, 0.15) is 9.84 Å². The molecule has 0 aliphatic carbocycles. The van der Waals surface area contributed by atoms with Crippen LogP contribution in [0.2, 0.25) is 0 Å². The zero-order chi connectivity index (χ0) is 14.0. The van der Waals surface area contributed by atoms with Crippen LogP contribution in [-0.2, 0) is 9.84 Å². The summed E-state index contributed by atoms with van der Waals surface area (Å²) in [4.78, 5) is 2.38. The van der Waals surface area contributed by atoms with E-state index >= 15 is 0 Å². The Morgan fingerprint density at radius 2 is 1.72 bits per heavy atom. The average Bonchev–Trinajstić information content (AvgIpc) is 2.31. The van der Waals surface area contributed by atoms with Crippen molar-refractivity contribution in [2.75, 3.05) is 38.2 Å². The fraction of sp³-hybridized carbons (Fsp3) is 1.00. The summed E-state index contributed by atoms with van der Waals surface area (Å²) in [5.41, 5.74) is 0. The fourth-order valence-corrected chi connectivity index (χ4v) is 2.64. The molecule has 0 radical (unpaired) electrons. The SMILES string of the molecule is CCCNC(CCN(CC)CC)CCS(C)(=O)=O. The molecular formula is C13H30N2O2S. The van der Waals surface area contributed by atoms with Gasteiger partial charge in [-0.2, -0.15) is 0 Å². The fourth-order valence-electron chi connectivity index (χ4n) is 1.93. The molecule has 1 atom stereocenters. The highest BCUT2D eigenvalue weighted by molar-refractivity contribution is 7.90. The summed E-state index contributed by atoms with van der Waals surface area (Å²) >= 11 is 0. The number of nitrogens with zero attached hydrogens (tertiary/aromatic N) is 1. The van der Waals surface area contributed by atoms with E-state index in [1.54, 1.807) is 0 Å². The van der Waals surface area contributed by atoms with Crippen LogP contribution < -0.4 is 5.32 Å². The highest BCUT2D eigenvalue weighted by atomic mass is 32.2. The van der Waals surface area contributed by atoms with Crippen LogP contribution in [0.3, 0.4) is 0 Å². The van der Waals surface area contributed by atoms with Gasteiger partial charge in [-0.1, -0.05) is 20.8 Å². The Bertz CT molecular complexity index is 287. The van der Waals surface area contributed by atoms with Gasteiger partial charge in [0.25, 0.3) is 0 Å². The third-order valence-electron chi connectivity index (χ3n) is 3.21. The summed E-state index contributed by atoms with van der Waals surface area (Å²) in [6.45, 7) is 10.6. The minimum atomic E-state index is -2.85. The van der Waals surface area contributed by atoms with Crippen molar-refractivity contribution in [3.05, 3.63) is 0 Å². The molecule has 0 aromatic rings. The number of rotatable bonds is 11. The molecule has 1 N–H and O–H groups in total. The van der Waals surface area contributed by atoms with E-state index in [4.69, 9.17) is 0 Å². The second-order valence-corrected chi connectivity index (χ2v) is 7.14. The molecule has 0 bridgehead atoms. The molecule has 0 fully saturated rings. The maximum Gasteiger partial charge on any atom is 0.147 e. The van der Waals surface area contributed by atoms with Crippen LogP contribution in [0.15, 0.2) is 0 Å². The van der Waals surface area contributed by atoms with E-state index in [2.05, 4.69) is 31.0 Å². The lowest BCUT2D eigenvalue weighted by Crippen LogP contribution is -2.36. The van der Waals surface area contributed by atoms with E-state index in [1.165, 1.54) is 6.26 Å². The topological polar surface area (TPSA) is 49.4 Å². The first-order valence-electron chi connectivity index (χ1n) is 7.06. The summed E-state index contributed by atoms with van der Waals surface area (Å²) in [6.07, 6.45) is 4.15. The van der Waals surface area contributed by atoms with E-state index < -0.39 is 9.84 Å². The lowest BCUT2D eigenvalue weighted by Gasteiger charge is -2.23. The van der Waals surface area contributed by atoms with Crippen molar-refractivity contribution in [3.63, 3.8) is 0 Å². The van der Waals surface area contributed by atoms with Gasteiger partial charge >= 0.3 is 0 Å². The van der Waals surface area contributed by atoms with Crippen molar-refractivity contribution in [2.24, 2.45) is 0 Å². The summed E-state index contributed by atoms with van der Waals surface area (Å²) in [5.74, 6) is 0.284. The summed E-state index contributed by atoms with van der Waals surface area (Å²) < 4.78 is 22.4. The average molecular weight is 278 g/mol. The summed E-state index contributed by atoms with van der Waals surface area (Å²) in [6, 6.07) is 0.320. The van der Waals surface area contributed by atoms with Crippen molar-refractivity contribution < 1.29 is 8.42 Å². The molecule has 0 aliphatic rings. The lowest BCUT2D eigenvalue weighted by atomic mass is 10.1.